The number of likely N-dealkylation sites (N-methyl/N-ethyl adjacent to an activating group) is 1. The molecule has 0 spiro atoms. The molecule has 136 valence electrons. The fraction of sp³-hybridized carbons (Fsp3) is 0.333. The highest BCUT2D eigenvalue weighted by Gasteiger charge is 2.16. The summed E-state index contributed by atoms with van der Waals surface area (Å²) in [5.74, 6) is 0.774. The Morgan fingerprint density at radius 1 is 1.08 bits per heavy atom. The summed E-state index contributed by atoms with van der Waals surface area (Å²) in [6.07, 6.45) is 0. The van der Waals surface area contributed by atoms with Crippen LogP contribution in [0.2, 0.25) is 0 Å². The summed E-state index contributed by atoms with van der Waals surface area (Å²) in [7, 11) is 4.10. The molecule has 1 heterocycles. The molecule has 1 N–H and O–H groups in total. The fourth-order valence-corrected chi connectivity index (χ4v) is 3.03. The van der Waals surface area contributed by atoms with E-state index in [0.29, 0.717) is 11.9 Å². The first kappa shape index (κ1) is 18.3. The van der Waals surface area contributed by atoms with E-state index in [0.717, 1.165) is 30.0 Å². The highest BCUT2D eigenvalue weighted by molar-refractivity contribution is 5.77. The number of aromatic nitrogens is 2. The van der Waals surface area contributed by atoms with Crippen LogP contribution in [0.15, 0.2) is 59.4 Å². The molecule has 0 amide bonds. The van der Waals surface area contributed by atoms with Crippen LogP contribution >= 0.6 is 0 Å². The number of nitrogens with one attached hydrogen (secondary N) is 1. The fourth-order valence-electron chi connectivity index (χ4n) is 3.03. The molecular weight excluding hydrogens is 324 g/mol. The predicted molar refractivity (Wildman–Crippen MR) is 107 cm³/mol. The molecule has 0 radical (unpaired) electrons. The van der Waals surface area contributed by atoms with E-state index in [4.69, 9.17) is 4.98 Å². The van der Waals surface area contributed by atoms with E-state index >= 15 is 0 Å². The second-order valence-corrected chi connectivity index (χ2v) is 6.84. The Morgan fingerprint density at radius 3 is 2.50 bits per heavy atom. The third kappa shape index (κ3) is 4.18. The molecule has 26 heavy (non-hydrogen) atoms. The lowest BCUT2D eigenvalue weighted by Crippen LogP contribution is -2.34. The van der Waals surface area contributed by atoms with Gasteiger partial charge in [-0.1, -0.05) is 42.5 Å². The molecule has 1 atom stereocenters. The highest BCUT2D eigenvalue weighted by atomic mass is 16.1. The molecule has 0 saturated carbocycles. The zero-order valence-corrected chi connectivity index (χ0v) is 15.6. The number of benzene rings is 2. The Labute approximate surface area is 154 Å². The van der Waals surface area contributed by atoms with Crippen molar-refractivity contribution in [3.63, 3.8) is 0 Å². The van der Waals surface area contributed by atoms with Gasteiger partial charge in [-0.3, -0.25) is 9.36 Å². The number of rotatable bonds is 7. The molecule has 3 rings (SSSR count). The van der Waals surface area contributed by atoms with Crippen LogP contribution in [-0.2, 0) is 6.54 Å². The van der Waals surface area contributed by atoms with Crippen LogP contribution in [0.5, 0.6) is 0 Å². The second kappa shape index (κ2) is 8.25. The molecule has 0 saturated heterocycles. The average molecular weight is 350 g/mol. The largest absolute Gasteiger partial charge is 0.308 e. The van der Waals surface area contributed by atoms with E-state index in [-0.39, 0.29) is 11.6 Å². The van der Waals surface area contributed by atoms with Gasteiger partial charge in [0.05, 0.1) is 23.5 Å². The van der Waals surface area contributed by atoms with Gasteiger partial charge in [0.1, 0.15) is 5.82 Å². The summed E-state index contributed by atoms with van der Waals surface area (Å²) in [5, 5.41) is 4.14. The maximum Gasteiger partial charge on any atom is 0.261 e. The van der Waals surface area contributed by atoms with Crippen molar-refractivity contribution >= 4 is 10.9 Å². The van der Waals surface area contributed by atoms with Crippen LogP contribution in [-0.4, -0.2) is 41.6 Å². The van der Waals surface area contributed by atoms with Gasteiger partial charge in [-0.15, -0.1) is 0 Å². The molecule has 3 aromatic rings. The van der Waals surface area contributed by atoms with E-state index < -0.39 is 0 Å². The first-order valence-electron chi connectivity index (χ1n) is 8.98. The molecule has 0 bridgehead atoms. The molecule has 0 aliphatic carbocycles. The van der Waals surface area contributed by atoms with Crippen LogP contribution in [0, 0.1) is 0 Å². The summed E-state index contributed by atoms with van der Waals surface area (Å²) in [6, 6.07) is 17.6. The first-order valence-corrected chi connectivity index (χ1v) is 8.98. The van der Waals surface area contributed by atoms with E-state index in [1.807, 2.05) is 68.7 Å². The summed E-state index contributed by atoms with van der Waals surface area (Å²) < 4.78 is 1.80. The Bertz CT molecular complexity index is 918. The normalized spacial score (nSPS) is 12.6. The van der Waals surface area contributed by atoms with E-state index in [9.17, 15) is 4.79 Å². The molecule has 5 nitrogen and oxygen atoms in total. The van der Waals surface area contributed by atoms with Gasteiger partial charge in [-0.05, 0) is 38.7 Å². The summed E-state index contributed by atoms with van der Waals surface area (Å²) in [5.41, 5.74) is 1.85. The minimum atomic E-state index is -0.0176. The highest BCUT2D eigenvalue weighted by Crippen LogP contribution is 2.15. The van der Waals surface area contributed by atoms with Gasteiger partial charge in [-0.2, -0.15) is 0 Å². The Balaban J connectivity index is 2.01. The molecular formula is C21H26N4O. The number of hydrogen-bond donors (Lipinski definition) is 1. The van der Waals surface area contributed by atoms with Crippen molar-refractivity contribution in [3.8, 4) is 0 Å². The van der Waals surface area contributed by atoms with Crippen molar-refractivity contribution in [3.05, 3.63) is 76.3 Å². The molecule has 0 aliphatic heterocycles. The minimum Gasteiger partial charge on any atom is -0.308 e. The lowest BCUT2D eigenvalue weighted by atomic mass is 10.2. The number of nitrogens with zero attached hydrogens (tertiary/aromatic N) is 3. The van der Waals surface area contributed by atoms with Gasteiger partial charge in [0.25, 0.3) is 5.56 Å². The van der Waals surface area contributed by atoms with Crippen molar-refractivity contribution in [2.24, 2.45) is 0 Å². The molecule has 0 unspecified atom stereocenters. The van der Waals surface area contributed by atoms with Gasteiger partial charge in [0.15, 0.2) is 0 Å². The maximum absolute atomic E-state index is 13.1. The quantitative estimate of drug-likeness (QED) is 0.712. The first-order chi connectivity index (χ1) is 12.6. The monoisotopic (exact) mass is 350 g/mol. The molecule has 2 aromatic carbocycles. The van der Waals surface area contributed by atoms with E-state index in [1.54, 1.807) is 4.57 Å². The Kier molecular flexibility index (Phi) is 5.81. The lowest BCUT2D eigenvalue weighted by molar-refractivity contribution is 0.383. The lowest BCUT2D eigenvalue weighted by Gasteiger charge is -2.20. The molecule has 0 aliphatic rings. The van der Waals surface area contributed by atoms with Crippen LogP contribution < -0.4 is 10.9 Å². The van der Waals surface area contributed by atoms with Gasteiger partial charge >= 0.3 is 0 Å². The predicted octanol–water partition coefficient (Wildman–Crippen LogP) is 2.66. The standard InChI is InChI=1S/C21H26N4O/c1-16(22-13-14-24(2)3)20-23-19-12-8-7-11-18(19)21(26)25(20)15-17-9-5-4-6-10-17/h4-12,16,22H,13-15H2,1-3H3/t16-/m1/s1. The summed E-state index contributed by atoms with van der Waals surface area (Å²) in [6.45, 7) is 4.35. The summed E-state index contributed by atoms with van der Waals surface area (Å²) >= 11 is 0. The van der Waals surface area contributed by atoms with Gasteiger partial charge < -0.3 is 10.2 Å². The number of para-hydroxylation sites is 1. The van der Waals surface area contributed by atoms with E-state index in [2.05, 4.69) is 17.1 Å². The van der Waals surface area contributed by atoms with Crippen LogP contribution in [0.25, 0.3) is 10.9 Å². The van der Waals surface area contributed by atoms with Crippen LogP contribution in [0.1, 0.15) is 24.4 Å². The molecule has 5 heteroatoms. The van der Waals surface area contributed by atoms with Crippen molar-refractivity contribution in [2.45, 2.75) is 19.5 Å². The van der Waals surface area contributed by atoms with Crippen molar-refractivity contribution in [1.82, 2.24) is 19.8 Å². The van der Waals surface area contributed by atoms with Gasteiger partial charge in [0, 0.05) is 13.1 Å². The third-order valence-electron chi connectivity index (χ3n) is 4.47. The number of hydrogen-bond acceptors (Lipinski definition) is 4. The second-order valence-electron chi connectivity index (χ2n) is 6.84. The van der Waals surface area contributed by atoms with Crippen molar-refractivity contribution < 1.29 is 0 Å². The minimum absolute atomic E-state index is 0.00992. The third-order valence-corrected chi connectivity index (χ3v) is 4.47. The van der Waals surface area contributed by atoms with Crippen molar-refractivity contribution in [1.29, 1.82) is 0 Å². The Hall–Kier alpha value is -2.50. The maximum atomic E-state index is 13.1. The van der Waals surface area contributed by atoms with Crippen LogP contribution in [0.3, 0.4) is 0 Å². The summed E-state index contributed by atoms with van der Waals surface area (Å²) in [4.78, 5) is 20.1. The average Bonchev–Trinajstić information content (AvgIpc) is 2.64. The van der Waals surface area contributed by atoms with Crippen molar-refractivity contribution in [2.75, 3.05) is 27.2 Å². The Morgan fingerprint density at radius 2 is 1.77 bits per heavy atom. The van der Waals surface area contributed by atoms with Gasteiger partial charge in [-0.25, -0.2) is 4.98 Å². The number of fused-ring (bicyclic) bond motifs is 1. The zero-order valence-electron chi connectivity index (χ0n) is 15.6. The molecule has 1 aromatic heterocycles. The molecule has 0 fully saturated rings. The smallest absolute Gasteiger partial charge is 0.261 e. The van der Waals surface area contributed by atoms with Crippen LogP contribution in [0.4, 0.5) is 0 Å². The SMILES string of the molecule is C[C@@H](NCCN(C)C)c1nc2ccccc2c(=O)n1Cc1ccccc1. The zero-order chi connectivity index (χ0) is 18.5. The van der Waals surface area contributed by atoms with E-state index in [1.165, 1.54) is 0 Å². The topological polar surface area (TPSA) is 50.2 Å². The van der Waals surface area contributed by atoms with Gasteiger partial charge in [0.2, 0.25) is 0 Å².